The van der Waals surface area contributed by atoms with E-state index in [-0.39, 0.29) is 23.0 Å². The van der Waals surface area contributed by atoms with Crippen molar-refractivity contribution in [2.75, 3.05) is 68.4 Å². The van der Waals surface area contributed by atoms with Crippen LogP contribution in [0.2, 0.25) is 0 Å². The van der Waals surface area contributed by atoms with Crippen molar-refractivity contribution in [1.82, 2.24) is 24.8 Å². The first kappa shape index (κ1) is 28.7. The third kappa shape index (κ3) is 6.35. The minimum absolute atomic E-state index is 0.0337. The number of aromatic nitrogens is 3. The molecule has 43 heavy (non-hydrogen) atoms. The lowest BCUT2D eigenvalue weighted by molar-refractivity contribution is -0.117. The van der Waals surface area contributed by atoms with Gasteiger partial charge >= 0.3 is 0 Å². The van der Waals surface area contributed by atoms with Crippen molar-refractivity contribution >= 4 is 45.7 Å². The second-order valence-corrected chi connectivity index (χ2v) is 11.3. The number of piperazine rings is 1. The van der Waals surface area contributed by atoms with Crippen LogP contribution in [-0.2, 0) is 4.79 Å². The maximum absolute atomic E-state index is 14.6. The van der Waals surface area contributed by atoms with Crippen LogP contribution in [0.4, 0.5) is 31.9 Å². The monoisotopic (exact) mass is 588 g/mol. The van der Waals surface area contributed by atoms with Crippen LogP contribution in [-0.4, -0.2) is 95.2 Å². The Morgan fingerprint density at radius 3 is 2.49 bits per heavy atom. The molecule has 12 heteroatoms. The Bertz CT molecular complexity index is 1650. The Kier molecular flexibility index (Phi) is 8.04. The Labute approximate surface area is 248 Å². The van der Waals surface area contributed by atoms with Crippen LogP contribution >= 0.6 is 0 Å². The molecule has 0 amide bonds. The van der Waals surface area contributed by atoms with Gasteiger partial charge in [-0.2, -0.15) is 9.97 Å². The van der Waals surface area contributed by atoms with Gasteiger partial charge in [0.25, 0.3) is 0 Å². The molecule has 0 spiro atoms. The molecule has 2 aromatic heterocycles. The summed E-state index contributed by atoms with van der Waals surface area (Å²) in [4.78, 5) is 44.2. The van der Waals surface area contributed by atoms with E-state index in [0.717, 1.165) is 62.7 Å². The van der Waals surface area contributed by atoms with E-state index in [1.807, 2.05) is 12.1 Å². The van der Waals surface area contributed by atoms with Gasteiger partial charge in [0, 0.05) is 68.9 Å². The number of likely N-dealkylation sites (N-methyl/N-ethyl adjacent to an activating group) is 1. The number of carbonyl (C=O) groups is 2. The lowest BCUT2D eigenvalue weighted by Gasteiger charge is -2.34. The van der Waals surface area contributed by atoms with E-state index in [2.05, 4.69) is 54.5 Å². The van der Waals surface area contributed by atoms with Crippen molar-refractivity contribution in [1.29, 1.82) is 0 Å². The summed E-state index contributed by atoms with van der Waals surface area (Å²) in [5.41, 5.74) is 2.26. The van der Waals surface area contributed by atoms with E-state index in [1.54, 1.807) is 6.92 Å². The van der Waals surface area contributed by atoms with Crippen LogP contribution in [0.15, 0.2) is 48.7 Å². The highest BCUT2D eigenvalue weighted by atomic mass is 19.1. The van der Waals surface area contributed by atoms with Crippen molar-refractivity contribution < 1.29 is 18.4 Å². The molecule has 0 saturated carbocycles. The minimum atomic E-state index is -0.941. The molecular weight excluding hydrogens is 554 g/mol. The van der Waals surface area contributed by atoms with Gasteiger partial charge in [-0.3, -0.25) is 14.5 Å². The molecule has 4 aromatic rings. The first-order chi connectivity index (χ1) is 20.7. The molecule has 0 unspecified atom stereocenters. The van der Waals surface area contributed by atoms with E-state index < -0.39 is 17.4 Å². The zero-order valence-electron chi connectivity index (χ0n) is 24.2. The average Bonchev–Trinajstić information content (AvgIpc) is 3.60. The van der Waals surface area contributed by atoms with Gasteiger partial charge in [-0.1, -0.05) is 0 Å². The van der Waals surface area contributed by atoms with Gasteiger partial charge in [0.05, 0.1) is 23.1 Å². The van der Waals surface area contributed by atoms with E-state index in [4.69, 9.17) is 4.98 Å². The zero-order chi connectivity index (χ0) is 30.1. The lowest BCUT2D eigenvalue weighted by Crippen LogP contribution is -2.44. The minimum Gasteiger partial charge on any atom is -0.369 e. The smallest absolute Gasteiger partial charge is 0.231 e. The lowest BCUT2D eigenvalue weighted by atomic mass is 10.0. The van der Waals surface area contributed by atoms with Gasteiger partial charge in [0.15, 0.2) is 5.78 Å². The van der Waals surface area contributed by atoms with E-state index in [1.165, 1.54) is 6.20 Å². The van der Waals surface area contributed by atoms with Gasteiger partial charge in [0.1, 0.15) is 28.9 Å². The van der Waals surface area contributed by atoms with Crippen LogP contribution < -0.4 is 15.5 Å². The maximum Gasteiger partial charge on any atom is 0.231 e. The summed E-state index contributed by atoms with van der Waals surface area (Å²) < 4.78 is 28.1. The average molecular weight is 589 g/mol. The third-order valence-corrected chi connectivity index (χ3v) is 8.00. The molecule has 2 saturated heterocycles. The molecule has 6 rings (SSSR count). The van der Waals surface area contributed by atoms with Crippen LogP contribution in [0.3, 0.4) is 0 Å². The summed E-state index contributed by atoms with van der Waals surface area (Å²) in [5, 5.41) is 7.12. The molecular formula is C31H34F2N8O2. The van der Waals surface area contributed by atoms with E-state index in [9.17, 15) is 18.4 Å². The summed E-state index contributed by atoms with van der Waals surface area (Å²) in [6.45, 7) is 7.29. The number of fused-ring (bicyclic) bond motifs is 1. The first-order valence-electron chi connectivity index (χ1n) is 14.4. The predicted octanol–water partition coefficient (Wildman–Crippen LogP) is 4.04. The molecule has 4 heterocycles. The molecule has 2 aromatic carbocycles. The second-order valence-electron chi connectivity index (χ2n) is 11.3. The third-order valence-electron chi connectivity index (χ3n) is 8.00. The number of carbonyl (C=O) groups excluding carboxylic acids is 2. The summed E-state index contributed by atoms with van der Waals surface area (Å²) >= 11 is 0. The maximum atomic E-state index is 14.6. The van der Waals surface area contributed by atoms with Crippen molar-refractivity contribution in [3.05, 3.63) is 71.4 Å². The SMILES string of the molecule is CC(=O)CN1CC[C@H](Nc2nc(Nc3ccc(N4CCN(C)CC4)cc3)nc3[nH]cc(C(=O)c4ccc(F)cc4F)c23)C1. The summed E-state index contributed by atoms with van der Waals surface area (Å²) in [6, 6.07) is 10.9. The fourth-order valence-electron chi connectivity index (χ4n) is 5.74. The summed E-state index contributed by atoms with van der Waals surface area (Å²) in [7, 11) is 2.13. The number of Topliss-reactive ketones (excluding diaryl/α,β-unsaturated/α-hetero) is 1. The molecule has 10 nitrogen and oxygen atoms in total. The van der Waals surface area contributed by atoms with Gasteiger partial charge in [-0.15, -0.1) is 0 Å². The number of H-pyrrole nitrogens is 1. The van der Waals surface area contributed by atoms with Crippen molar-refractivity contribution in [3.8, 4) is 0 Å². The quantitative estimate of drug-likeness (QED) is 0.250. The topological polar surface area (TPSA) is 109 Å². The molecule has 3 N–H and O–H groups in total. The molecule has 0 aliphatic carbocycles. The molecule has 2 fully saturated rings. The number of anilines is 4. The standard InChI is InChI=1S/C31H34F2N8O2/c1-19(42)17-40-10-9-22(18-40)35-30-27-25(28(43)24-8-3-20(32)15-26(24)33)16-34-29(27)37-31(38-30)36-21-4-6-23(7-5-21)41-13-11-39(2)12-14-41/h3-8,15-16,22H,9-14,17-18H2,1-2H3,(H3,34,35,36,37,38)/t22-/m0/s1. The highest BCUT2D eigenvalue weighted by Crippen LogP contribution is 2.31. The molecule has 2 aliphatic rings. The van der Waals surface area contributed by atoms with Crippen LogP contribution in [0.5, 0.6) is 0 Å². The molecule has 2 aliphatic heterocycles. The Hall–Kier alpha value is -4.42. The van der Waals surface area contributed by atoms with Crippen LogP contribution in [0.1, 0.15) is 29.3 Å². The van der Waals surface area contributed by atoms with Crippen molar-refractivity contribution in [2.45, 2.75) is 19.4 Å². The Balaban J connectivity index is 1.30. The summed E-state index contributed by atoms with van der Waals surface area (Å²) in [6.07, 6.45) is 2.25. The molecule has 224 valence electrons. The Morgan fingerprint density at radius 1 is 1.00 bits per heavy atom. The van der Waals surface area contributed by atoms with Crippen LogP contribution in [0, 0.1) is 11.6 Å². The number of aromatic amines is 1. The molecule has 0 bridgehead atoms. The van der Waals surface area contributed by atoms with E-state index in [0.29, 0.717) is 42.0 Å². The highest BCUT2D eigenvalue weighted by Gasteiger charge is 2.27. The number of ketones is 2. The number of benzene rings is 2. The van der Waals surface area contributed by atoms with Crippen LogP contribution in [0.25, 0.3) is 11.0 Å². The fraction of sp³-hybridized carbons (Fsp3) is 0.355. The summed E-state index contributed by atoms with van der Waals surface area (Å²) in [5.74, 6) is -1.50. The highest BCUT2D eigenvalue weighted by molar-refractivity contribution is 6.18. The van der Waals surface area contributed by atoms with Gasteiger partial charge < -0.3 is 25.4 Å². The van der Waals surface area contributed by atoms with Gasteiger partial charge in [-0.05, 0) is 56.8 Å². The normalized spacial score (nSPS) is 17.9. The van der Waals surface area contributed by atoms with E-state index >= 15 is 0 Å². The fourth-order valence-corrected chi connectivity index (χ4v) is 5.74. The second kappa shape index (κ2) is 12.1. The predicted molar refractivity (Wildman–Crippen MR) is 162 cm³/mol. The van der Waals surface area contributed by atoms with Gasteiger partial charge in [0.2, 0.25) is 5.95 Å². The number of hydrogen-bond acceptors (Lipinski definition) is 9. The number of nitrogens with zero attached hydrogens (tertiary/aromatic N) is 5. The van der Waals surface area contributed by atoms with Crippen molar-refractivity contribution in [2.24, 2.45) is 0 Å². The van der Waals surface area contributed by atoms with Gasteiger partial charge in [-0.25, -0.2) is 8.78 Å². The largest absolute Gasteiger partial charge is 0.369 e. The number of halogens is 2. The first-order valence-corrected chi connectivity index (χ1v) is 14.4. The Morgan fingerprint density at radius 2 is 1.77 bits per heavy atom. The number of rotatable bonds is 9. The molecule has 1 atom stereocenters. The zero-order valence-corrected chi connectivity index (χ0v) is 24.2. The number of nitrogens with one attached hydrogen (secondary N) is 3. The number of likely N-dealkylation sites (tertiary alicyclic amines) is 1. The number of hydrogen-bond donors (Lipinski definition) is 3. The molecule has 0 radical (unpaired) electrons. The van der Waals surface area contributed by atoms with Crippen molar-refractivity contribution in [3.63, 3.8) is 0 Å².